The molecule has 1 aliphatic heterocycles. The van der Waals surface area contributed by atoms with Crippen LogP contribution in [0.4, 0.5) is 10.5 Å². The second-order valence-electron chi connectivity index (χ2n) is 5.80. The lowest BCUT2D eigenvalue weighted by Gasteiger charge is -2.32. The number of carboxylic acid groups (broad SMARTS) is 1. The van der Waals surface area contributed by atoms with Crippen molar-refractivity contribution in [3.63, 3.8) is 0 Å². The molecule has 6 nitrogen and oxygen atoms in total. The van der Waals surface area contributed by atoms with E-state index in [0.717, 1.165) is 5.56 Å². The van der Waals surface area contributed by atoms with Crippen LogP contribution in [0.2, 0.25) is 0 Å². The van der Waals surface area contributed by atoms with Gasteiger partial charge in [-0.1, -0.05) is 36.4 Å². The van der Waals surface area contributed by atoms with Crippen LogP contribution in [0.5, 0.6) is 5.75 Å². The van der Waals surface area contributed by atoms with E-state index in [0.29, 0.717) is 23.4 Å². The number of hydrogen-bond donors (Lipinski definition) is 1. The summed E-state index contributed by atoms with van der Waals surface area (Å²) < 4.78 is 10.6. The Hall–Kier alpha value is -3.02. The minimum atomic E-state index is -0.899. The first-order valence-electron chi connectivity index (χ1n) is 7.99. The summed E-state index contributed by atoms with van der Waals surface area (Å²) in [6.45, 7) is 0.447. The maximum absolute atomic E-state index is 12.5. The molecule has 2 aromatic carbocycles. The molecule has 0 aliphatic carbocycles. The summed E-state index contributed by atoms with van der Waals surface area (Å²) in [7, 11) is 1.53. The molecular formula is C19H19NO5. The van der Waals surface area contributed by atoms with Gasteiger partial charge in [0.1, 0.15) is 12.4 Å². The number of carboxylic acids is 1. The van der Waals surface area contributed by atoms with Gasteiger partial charge in [0.25, 0.3) is 0 Å². The van der Waals surface area contributed by atoms with Crippen molar-refractivity contribution in [2.24, 2.45) is 0 Å². The van der Waals surface area contributed by atoms with Gasteiger partial charge in [0.2, 0.25) is 0 Å². The minimum Gasteiger partial charge on any atom is -0.497 e. The number of ether oxygens (including phenoxy) is 2. The van der Waals surface area contributed by atoms with Crippen LogP contribution < -0.4 is 9.64 Å². The lowest BCUT2D eigenvalue weighted by atomic mass is 9.90. The molecule has 0 spiro atoms. The first-order chi connectivity index (χ1) is 12.1. The number of carbonyl (C=O) groups is 2. The number of hydrogen-bond acceptors (Lipinski definition) is 4. The summed E-state index contributed by atoms with van der Waals surface area (Å²) in [5.74, 6) is -0.978. The van der Waals surface area contributed by atoms with Crippen LogP contribution in [-0.2, 0) is 16.1 Å². The Morgan fingerprint density at radius 1 is 1.20 bits per heavy atom. The van der Waals surface area contributed by atoms with Crippen LogP contribution in [0.25, 0.3) is 0 Å². The molecule has 0 bridgehead atoms. The van der Waals surface area contributed by atoms with Gasteiger partial charge in [-0.25, -0.2) is 4.79 Å². The van der Waals surface area contributed by atoms with E-state index in [1.807, 2.05) is 30.3 Å². The molecule has 0 radical (unpaired) electrons. The summed E-state index contributed by atoms with van der Waals surface area (Å²) in [6, 6.07) is 14.5. The van der Waals surface area contributed by atoms with E-state index in [4.69, 9.17) is 9.47 Å². The molecule has 2 aromatic rings. The van der Waals surface area contributed by atoms with Gasteiger partial charge in [0.15, 0.2) is 0 Å². The van der Waals surface area contributed by atoms with Crippen molar-refractivity contribution < 1.29 is 24.2 Å². The van der Waals surface area contributed by atoms with Gasteiger partial charge in [-0.15, -0.1) is 0 Å². The molecule has 130 valence electrons. The Bertz CT molecular complexity index is 775. The Kier molecular flexibility index (Phi) is 4.88. The first kappa shape index (κ1) is 16.8. The number of carbonyl (C=O) groups excluding carboxylic acids is 1. The molecule has 3 rings (SSSR count). The molecule has 1 heterocycles. The first-order valence-corrected chi connectivity index (χ1v) is 7.99. The second kappa shape index (κ2) is 7.25. The largest absolute Gasteiger partial charge is 0.497 e. The number of benzene rings is 2. The van der Waals surface area contributed by atoms with Crippen LogP contribution >= 0.6 is 0 Å². The van der Waals surface area contributed by atoms with Gasteiger partial charge in [-0.2, -0.15) is 0 Å². The van der Waals surface area contributed by atoms with Gasteiger partial charge in [-0.3, -0.25) is 9.69 Å². The van der Waals surface area contributed by atoms with Crippen molar-refractivity contribution in [2.45, 2.75) is 18.9 Å². The number of rotatable bonds is 4. The lowest BCUT2D eigenvalue weighted by Crippen LogP contribution is -2.38. The molecule has 1 N–H and O–H groups in total. The summed E-state index contributed by atoms with van der Waals surface area (Å²) in [6.07, 6.45) is -0.156. The Morgan fingerprint density at radius 2 is 1.96 bits per heavy atom. The molecule has 0 aromatic heterocycles. The maximum atomic E-state index is 12.5. The molecule has 1 unspecified atom stereocenters. The van der Waals surface area contributed by atoms with Gasteiger partial charge in [-0.05, 0) is 23.6 Å². The average Bonchev–Trinajstić information content (AvgIpc) is 2.65. The molecule has 1 atom stereocenters. The summed E-state index contributed by atoms with van der Waals surface area (Å²) in [4.78, 5) is 25.5. The number of amides is 1. The van der Waals surface area contributed by atoms with E-state index in [-0.39, 0.29) is 13.2 Å². The highest BCUT2D eigenvalue weighted by Gasteiger charge is 2.33. The van der Waals surface area contributed by atoms with Crippen LogP contribution in [-0.4, -0.2) is 30.8 Å². The third-order valence-electron chi connectivity index (χ3n) is 4.27. The number of anilines is 1. The topological polar surface area (TPSA) is 76.1 Å². The van der Waals surface area contributed by atoms with Crippen molar-refractivity contribution in [1.29, 1.82) is 0 Å². The Morgan fingerprint density at radius 3 is 2.64 bits per heavy atom. The SMILES string of the molecule is COc1ccc2c(c1)N(C(=O)OCc1ccccc1)CCC2C(=O)O. The Balaban J connectivity index is 1.83. The molecular weight excluding hydrogens is 322 g/mol. The predicted molar refractivity (Wildman–Crippen MR) is 92.0 cm³/mol. The smallest absolute Gasteiger partial charge is 0.414 e. The van der Waals surface area contributed by atoms with E-state index in [1.165, 1.54) is 12.0 Å². The fourth-order valence-corrected chi connectivity index (χ4v) is 2.96. The fourth-order valence-electron chi connectivity index (χ4n) is 2.96. The zero-order valence-electron chi connectivity index (χ0n) is 13.8. The molecule has 0 fully saturated rings. The van der Waals surface area contributed by atoms with E-state index < -0.39 is 18.0 Å². The normalized spacial score (nSPS) is 16.0. The van der Waals surface area contributed by atoms with Crippen molar-refractivity contribution in [3.05, 3.63) is 59.7 Å². The quantitative estimate of drug-likeness (QED) is 0.922. The monoisotopic (exact) mass is 341 g/mol. The average molecular weight is 341 g/mol. The summed E-state index contributed by atoms with van der Waals surface area (Å²) >= 11 is 0. The van der Waals surface area contributed by atoms with Crippen molar-refractivity contribution >= 4 is 17.7 Å². The molecule has 1 amide bonds. The van der Waals surface area contributed by atoms with Gasteiger partial charge < -0.3 is 14.6 Å². The zero-order valence-corrected chi connectivity index (χ0v) is 13.8. The fraction of sp³-hybridized carbons (Fsp3) is 0.263. The lowest BCUT2D eigenvalue weighted by molar-refractivity contribution is -0.139. The van der Waals surface area contributed by atoms with Crippen molar-refractivity contribution in [1.82, 2.24) is 0 Å². The minimum absolute atomic E-state index is 0.165. The molecule has 0 saturated carbocycles. The van der Waals surface area contributed by atoms with Crippen LogP contribution in [0.1, 0.15) is 23.5 Å². The zero-order chi connectivity index (χ0) is 17.8. The third kappa shape index (κ3) is 3.57. The van der Waals surface area contributed by atoms with E-state index >= 15 is 0 Å². The molecule has 0 saturated heterocycles. The highest BCUT2D eigenvalue weighted by Crippen LogP contribution is 2.38. The van der Waals surface area contributed by atoms with Crippen LogP contribution in [0.15, 0.2) is 48.5 Å². The van der Waals surface area contributed by atoms with Crippen molar-refractivity contribution in [3.8, 4) is 5.75 Å². The number of methoxy groups -OCH3 is 1. The Labute approximate surface area is 145 Å². The van der Waals surface area contributed by atoms with E-state index in [2.05, 4.69) is 0 Å². The van der Waals surface area contributed by atoms with E-state index in [1.54, 1.807) is 18.2 Å². The van der Waals surface area contributed by atoms with Gasteiger partial charge in [0.05, 0.1) is 18.7 Å². The predicted octanol–water partition coefficient (Wildman–Crippen LogP) is 3.41. The highest BCUT2D eigenvalue weighted by molar-refractivity contribution is 5.92. The number of aliphatic carboxylic acids is 1. The molecule has 6 heteroatoms. The standard InChI is InChI=1S/C19H19NO5/c1-24-14-7-8-15-16(18(21)22)9-10-20(17(15)11-14)19(23)25-12-13-5-3-2-4-6-13/h2-8,11,16H,9-10,12H2,1H3,(H,21,22). The van der Waals surface area contributed by atoms with Crippen LogP contribution in [0, 0.1) is 0 Å². The molecule has 25 heavy (non-hydrogen) atoms. The number of nitrogens with zero attached hydrogens (tertiary/aromatic N) is 1. The molecule has 1 aliphatic rings. The summed E-state index contributed by atoms with van der Waals surface area (Å²) in [5, 5.41) is 9.42. The highest BCUT2D eigenvalue weighted by atomic mass is 16.6. The van der Waals surface area contributed by atoms with Gasteiger partial charge in [0, 0.05) is 12.6 Å². The third-order valence-corrected chi connectivity index (χ3v) is 4.27. The number of fused-ring (bicyclic) bond motifs is 1. The van der Waals surface area contributed by atoms with Gasteiger partial charge >= 0.3 is 12.1 Å². The summed E-state index contributed by atoms with van der Waals surface area (Å²) in [5.41, 5.74) is 2.01. The maximum Gasteiger partial charge on any atom is 0.414 e. The van der Waals surface area contributed by atoms with Crippen molar-refractivity contribution in [2.75, 3.05) is 18.6 Å². The van der Waals surface area contributed by atoms with E-state index in [9.17, 15) is 14.7 Å². The van der Waals surface area contributed by atoms with Crippen LogP contribution in [0.3, 0.4) is 0 Å². The second-order valence-corrected chi connectivity index (χ2v) is 5.80.